The molecule has 0 bridgehead atoms. The van der Waals surface area contributed by atoms with Gasteiger partial charge in [0.25, 0.3) is 0 Å². The van der Waals surface area contributed by atoms with Gasteiger partial charge in [-0.3, -0.25) is 4.68 Å². The zero-order valence-corrected chi connectivity index (χ0v) is 7.10. The third-order valence-corrected chi connectivity index (χ3v) is 2.48. The molecule has 0 unspecified atom stereocenters. The summed E-state index contributed by atoms with van der Waals surface area (Å²) in [7, 11) is 1.82. The van der Waals surface area contributed by atoms with Crippen LogP contribution in [0.3, 0.4) is 0 Å². The summed E-state index contributed by atoms with van der Waals surface area (Å²) in [5.41, 5.74) is 6.68. The van der Waals surface area contributed by atoms with Crippen molar-refractivity contribution in [2.75, 3.05) is 0 Å². The van der Waals surface area contributed by atoms with Gasteiger partial charge in [0.1, 0.15) is 5.15 Å². The summed E-state index contributed by atoms with van der Waals surface area (Å²) in [5, 5.41) is 4.85. The smallest absolute Gasteiger partial charge is 0.127 e. The molecule has 2 rings (SSSR count). The van der Waals surface area contributed by atoms with Crippen LogP contribution in [-0.2, 0) is 12.6 Å². The maximum Gasteiger partial charge on any atom is 0.127 e. The second kappa shape index (κ2) is 1.99. The van der Waals surface area contributed by atoms with Gasteiger partial charge in [-0.2, -0.15) is 5.10 Å². The first-order valence-corrected chi connectivity index (χ1v) is 3.98. The molecule has 1 aromatic heterocycles. The highest BCUT2D eigenvalue weighted by Gasteiger charge is 2.42. The highest BCUT2D eigenvalue weighted by atomic mass is 35.5. The van der Waals surface area contributed by atoms with Gasteiger partial charge in [-0.05, 0) is 12.8 Å². The lowest BCUT2D eigenvalue weighted by Crippen LogP contribution is -2.19. The molecule has 1 aromatic rings. The van der Waals surface area contributed by atoms with Crippen molar-refractivity contribution < 1.29 is 0 Å². The maximum atomic E-state index is 5.92. The normalized spacial score (nSPS) is 20.3. The molecule has 0 spiro atoms. The fourth-order valence-corrected chi connectivity index (χ4v) is 1.22. The Kier molecular flexibility index (Phi) is 1.29. The molecule has 0 radical (unpaired) electrons. The molecule has 1 aliphatic rings. The lowest BCUT2D eigenvalue weighted by Gasteiger charge is -2.01. The molecule has 0 saturated heterocycles. The monoisotopic (exact) mass is 171 g/mol. The fourth-order valence-electron chi connectivity index (χ4n) is 1.08. The van der Waals surface area contributed by atoms with Crippen LogP contribution in [-0.4, -0.2) is 9.78 Å². The van der Waals surface area contributed by atoms with E-state index in [9.17, 15) is 0 Å². The van der Waals surface area contributed by atoms with Crippen molar-refractivity contribution in [3.05, 3.63) is 16.9 Å². The topological polar surface area (TPSA) is 43.8 Å². The van der Waals surface area contributed by atoms with Crippen LogP contribution >= 0.6 is 11.6 Å². The van der Waals surface area contributed by atoms with E-state index in [-0.39, 0.29) is 5.54 Å². The van der Waals surface area contributed by atoms with Crippen molar-refractivity contribution in [2.45, 2.75) is 18.4 Å². The number of halogens is 1. The van der Waals surface area contributed by atoms with Crippen molar-refractivity contribution in [1.82, 2.24) is 9.78 Å². The Bertz CT molecular complexity index is 268. The first-order chi connectivity index (χ1) is 5.12. The first-order valence-electron chi connectivity index (χ1n) is 3.61. The van der Waals surface area contributed by atoms with Crippen LogP contribution in [0.25, 0.3) is 0 Å². The summed E-state index contributed by atoms with van der Waals surface area (Å²) in [6.07, 6.45) is 2.06. The molecular formula is C7H10ClN3. The van der Waals surface area contributed by atoms with E-state index >= 15 is 0 Å². The molecular weight excluding hydrogens is 162 g/mol. The van der Waals surface area contributed by atoms with Gasteiger partial charge in [0.2, 0.25) is 0 Å². The van der Waals surface area contributed by atoms with E-state index in [1.807, 2.05) is 13.1 Å². The van der Waals surface area contributed by atoms with Crippen molar-refractivity contribution in [3.8, 4) is 0 Å². The van der Waals surface area contributed by atoms with Crippen LogP contribution in [0.4, 0.5) is 0 Å². The largest absolute Gasteiger partial charge is 0.320 e. The molecule has 0 aliphatic heterocycles. The highest BCUT2D eigenvalue weighted by Crippen LogP contribution is 2.42. The van der Waals surface area contributed by atoms with Crippen LogP contribution in [0.1, 0.15) is 18.5 Å². The van der Waals surface area contributed by atoms with Crippen molar-refractivity contribution >= 4 is 11.6 Å². The van der Waals surface area contributed by atoms with Gasteiger partial charge in [-0.15, -0.1) is 0 Å². The second-order valence-corrected chi connectivity index (χ2v) is 3.52. The number of nitrogens with zero attached hydrogens (tertiary/aromatic N) is 2. The zero-order valence-electron chi connectivity index (χ0n) is 6.34. The average molecular weight is 172 g/mol. The third kappa shape index (κ3) is 1.04. The lowest BCUT2D eigenvalue weighted by molar-refractivity contribution is 0.660. The Morgan fingerprint density at radius 3 is 2.73 bits per heavy atom. The number of nitrogens with two attached hydrogens (primary N) is 1. The summed E-state index contributed by atoms with van der Waals surface area (Å²) < 4.78 is 1.64. The van der Waals surface area contributed by atoms with Crippen LogP contribution in [0, 0.1) is 0 Å². The Balaban J connectivity index is 2.39. The van der Waals surface area contributed by atoms with Crippen molar-refractivity contribution in [3.63, 3.8) is 0 Å². The molecule has 1 fully saturated rings. The minimum Gasteiger partial charge on any atom is -0.320 e. The van der Waals surface area contributed by atoms with E-state index < -0.39 is 0 Å². The molecule has 0 atom stereocenters. The van der Waals surface area contributed by atoms with E-state index in [1.54, 1.807) is 4.68 Å². The number of rotatable bonds is 1. The first kappa shape index (κ1) is 7.13. The SMILES string of the molecule is Cn1nc(C2(N)CC2)cc1Cl. The van der Waals surface area contributed by atoms with Crippen molar-refractivity contribution in [2.24, 2.45) is 12.8 Å². The minimum absolute atomic E-state index is 0.162. The van der Waals surface area contributed by atoms with Gasteiger partial charge in [-0.25, -0.2) is 0 Å². The Morgan fingerprint density at radius 1 is 1.73 bits per heavy atom. The summed E-state index contributed by atoms with van der Waals surface area (Å²) in [6, 6.07) is 1.84. The summed E-state index contributed by atoms with van der Waals surface area (Å²) >= 11 is 5.81. The molecule has 3 nitrogen and oxygen atoms in total. The fraction of sp³-hybridized carbons (Fsp3) is 0.571. The number of aromatic nitrogens is 2. The van der Waals surface area contributed by atoms with Gasteiger partial charge in [0.05, 0.1) is 11.2 Å². The molecule has 0 aromatic carbocycles. The Hall–Kier alpha value is -0.540. The molecule has 60 valence electrons. The minimum atomic E-state index is -0.162. The molecule has 1 saturated carbocycles. The van der Waals surface area contributed by atoms with E-state index in [2.05, 4.69) is 5.10 Å². The average Bonchev–Trinajstić information content (AvgIpc) is 2.59. The van der Waals surface area contributed by atoms with Crippen LogP contribution in [0.2, 0.25) is 5.15 Å². The van der Waals surface area contributed by atoms with Gasteiger partial charge >= 0.3 is 0 Å². The predicted molar refractivity (Wildman–Crippen MR) is 43.3 cm³/mol. The van der Waals surface area contributed by atoms with E-state index in [1.165, 1.54) is 0 Å². The molecule has 1 aliphatic carbocycles. The lowest BCUT2D eigenvalue weighted by atomic mass is 10.2. The molecule has 11 heavy (non-hydrogen) atoms. The Morgan fingerprint density at radius 2 is 2.36 bits per heavy atom. The van der Waals surface area contributed by atoms with Gasteiger partial charge in [0.15, 0.2) is 0 Å². The number of hydrogen-bond acceptors (Lipinski definition) is 2. The molecule has 0 amide bonds. The maximum absolute atomic E-state index is 5.92. The van der Waals surface area contributed by atoms with E-state index in [0.29, 0.717) is 5.15 Å². The summed E-state index contributed by atoms with van der Waals surface area (Å²) in [4.78, 5) is 0. The number of hydrogen-bond donors (Lipinski definition) is 1. The standard InChI is InChI=1S/C7H10ClN3/c1-11-6(8)4-5(10-11)7(9)2-3-7/h4H,2-3,9H2,1H3. The van der Waals surface area contributed by atoms with E-state index in [4.69, 9.17) is 17.3 Å². The van der Waals surface area contributed by atoms with Crippen LogP contribution < -0.4 is 5.73 Å². The van der Waals surface area contributed by atoms with Crippen LogP contribution in [0.5, 0.6) is 0 Å². The zero-order chi connectivity index (χ0) is 8.06. The molecule has 1 heterocycles. The second-order valence-electron chi connectivity index (χ2n) is 3.13. The van der Waals surface area contributed by atoms with Gasteiger partial charge in [-0.1, -0.05) is 11.6 Å². The Labute approximate surface area is 70.1 Å². The van der Waals surface area contributed by atoms with Crippen molar-refractivity contribution in [1.29, 1.82) is 0 Å². The molecule has 4 heteroatoms. The number of aryl methyl sites for hydroxylation is 1. The van der Waals surface area contributed by atoms with Crippen LogP contribution in [0.15, 0.2) is 6.07 Å². The van der Waals surface area contributed by atoms with E-state index in [0.717, 1.165) is 18.5 Å². The quantitative estimate of drug-likeness (QED) is 0.686. The van der Waals surface area contributed by atoms with Gasteiger partial charge < -0.3 is 5.73 Å². The highest BCUT2D eigenvalue weighted by molar-refractivity contribution is 6.29. The van der Waals surface area contributed by atoms with Gasteiger partial charge in [0, 0.05) is 13.1 Å². The summed E-state index contributed by atoms with van der Waals surface area (Å²) in [6.45, 7) is 0. The predicted octanol–water partition coefficient (Wildman–Crippen LogP) is 1.02. The summed E-state index contributed by atoms with van der Waals surface area (Å²) in [5.74, 6) is 0. The third-order valence-electron chi connectivity index (χ3n) is 2.12. The molecule has 2 N–H and O–H groups in total.